The van der Waals surface area contributed by atoms with Gasteiger partial charge >= 0.3 is 0 Å². The van der Waals surface area contributed by atoms with Gasteiger partial charge in [0.05, 0.1) is 0 Å². The van der Waals surface area contributed by atoms with Crippen LogP contribution in [0.5, 0.6) is 0 Å². The van der Waals surface area contributed by atoms with Gasteiger partial charge in [0.15, 0.2) is 5.84 Å². The van der Waals surface area contributed by atoms with Crippen LogP contribution in [0.4, 0.5) is 0 Å². The smallest absolute Gasteiger partial charge is 0.235 e. The van der Waals surface area contributed by atoms with E-state index in [2.05, 4.69) is 5.16 Å². The third-order valence-electron chi connectivity index (χ3n) is 3.78. The minimum absolute atomic E-state index is 0.0449. The fraction of sp³-hybridized carbons (Fsp3) is 0.467. The van der Waals surface area contributed by atoms with Crippen LogP contribution in [0, 0.1) is 5.41 Å². The molecule has 3 N–H and O–H groups in total. The molecule has 5 nitrogen and oxygen atoms in total. The Labute approximate surface area is 120 Å². The maximum atomic E-state index is 12.5. The molecule has 0 radical (unpaired) electrons. The topological polar surface area (TPSA) is 78.9 Å². The fourth-order valence-electron chi connectivity index (χ4n) is 2.02. The lowest BCUT2D eigenvalue weighted by atomic mass is 9.84. The Bertz CT molecular complexity index is 473. The molecule has 0 saturated carbocycles. The molecule has 0 heterocycles. The van der Waals surface area contributed by atoms with Crippen molar-refractivity contribution in [2.75, 3.05) is 13.6 Å². The van der Waals surface area contributed by atoms with E-state index in [1.54, 1.807) is 18.9 Å². The molecule has 1 aromatic carbocycles. The Morgan fingerprint density at radius 1 is 1.40 bits per heavy atom. The highest BCUT2D eigenvalue weighted by Crippen LogP contribution is 2.24. The first-order valence-electron chi connectivity index (χ1n) is 6.73. The first-order valence-corrected chi connectivity index (χ1v) is 6.73. The lowest BCUT2D eigenvalue weighted by molar-refractivity contribution is -0.136. The van der Waals surface area contributed by atoms with Crippen LogP contribution in [0.3, 0.4) is 0 Å². The molecule has 0 bridgehead atoms. The number of hydrogen-bond acceptors (Lipinski definition) is 3. The van der Waals surface area contributed by atoms with Crippen LogP contribution in [0.25, 0.3) is 0 Å². The van der Waals surface area contributed by atoms with Gasteiger partial charge in [0.25, 0.3) is 0 Å². The van der Waals surface area contributed by atoms with E-state index in [4.69, 9.17) is 10.9 Å². The van der Waals surface area contributed by atoms with Crippen molar-refractivity contribution < 1.29 is 10.0 Å². The van der Waals surface area contributed by atoms with Gasteiger partial charge < -0.3 is 15.8 Å². The number of likely N-dealkylation sites (N-methyl/N-ethyl adjacent to an activating group) is 1. The van der Waals surface area contributed by atoms with E-state index in [0.29, 0.717) is 13.0 Å². The van der Waals surface area contributed by atoms with Crippen molar-refractivity contribution in [3.63, 3.8) is 0 Å². The average molecular weight is 277 g/mol. The predicted octanol–water partition coefficient (Wildman–Crippen LogP) is 1.85. The Kier molecular flexibility index (Phi) is 5.55. The van der Waals surface area contributed by atoms with Crippen LogP contribution in [-0.2, 0) is 11.2 Å². The SMILES string of the molecule is CCC(C)(C(=O)N(C)CCc1ccccc1)/C(N)=N/O. The number of carbonyl (C=O) groups excluding carboxylic acids is 1. The molecule has 0 aliphatic heterocycles. The Morgan fingerprint density at radius 3 is 2.50 bits per heavy atom. The molecule has 0 saturated heterocycles. The van der Waals surface area contributed by atoms with Crippen molar-refractivity contribution in [2.24, 2.45) is 16.3 Å². The van der Waals surface area contributed by atoms with E-state index in [0.717, 1.165) is 6.42 Å². The number of oxime groups is 1. The largest absolute Gasteiger partial charge is 0.409 e. The van der Waals surface area contributed by atoms with Crippen LogP contribution in [0.2, 0.25) is 0 Å². The number of hydrogen-bond donors (Lipinski definition) is 2. The summed E-state index contributed by atoms with van der Waals surface area (Å²) in [4.78, 5) is 14.1. The molecule has 0 aliphatic rings. The minimum Gasteiger partial charge on any atom is -0.409 e. The average Bonchev–Trinajstić information content (AvgIpc) is 2.51. The maximum Gasteiger partial charge on any atom is 0.235 e. The van der Waals surface area contributed by atoms with Gasteiger partial charge in [-0.05, 0) is 25.3 Å². The first-order chi connectivity index (χ1) is 9.45. The molecule has 1 unspecified atom stereocenters. The summed E-state index contributed by atoms with van der Waals surface area (Å²) in [6.07, 6.45) is 1.26. The zero-order valence-corrected chi connectivity index (χ0v) is 12.3. The van der Waals surface area contributed by atoms with E-state index in [1.165, 1.54) is 5.56 Å². The monoisotopic (exact) mass is 277 g/mol. The molecule has 5 heteroatoms. The van der Waals surface area contributed by atoms with Crippen LogP contribution in [0.1, 0.15) is 25.8 Å². The Hall–Kier alpha value is -2.04. The van der Waals surface area contributed by atoms with Crippen molar-refractivity contribution in [1.29, 1.82) is 0 Å². The second-order valence-corrected chi connectivity index (χ2v) is 5.13. The molecular weight excluding hydrogens is 254 g/mol. The molecule has 0 aliphatic carbocycles. The maximum absolute atomic E-state index is 12.5. The van der Waals surface area contributed by atoms with Crippen LogP contribution in [0.15, 0.2) is 35.5 Å². The number of amides is 1. The molecule has 20 heavy (non-hydrogen) atoms. The van der Waals surface area contributed by atoms with Crippen molar-refractivity contribution >= 4 is 11.7 Å². The number of amidine groups is 1. The van der Waals surface area contributed by atoms with Crippen molar-refractivity contribution in [1.82, 2.24) is 4.90 Å². The van der Waals surface area contributed by atoms with Crippen LogP contribution in [-0.4, -0.2) is 35.4 Å². The predicted molar refractivity (Wildman–Crippen MR) is 79.6 cm³/mol. The molecule has 1 atom stereocenters. The molecular formula is C15H23N3O2. The van der Waals surface area contributed by atoms with Gasteiger partial charge in [-0.3, -0.25) is 4.79 Å². The van der Waals surface area contributed by atoms with Gasteiger partial charge in [-0.15, -0.1) is 0 Å². The normalized spacial score (nSPS) is 14.7. The van der Waals surface area contributed by atoms with Gasteiger partial charge in [-0.25, -0.2) is 0 Å². The lowest BCUT2D eigenvalue weighted by Crippen LogP contribution is -2.48. The highest BCUT2D eigenvalue weighted by Gasteiger charge is 2.38. The van der Waals surface area contributed by atoms with Gasteiger partial charge in [0, 0.05) is 13.6 Å². The summed E-state index contributed by atoms with van der Waals surface area (Å²) in [6, 6.07) is 9.97. The standard InChI is InChI=1S/C15H23N3O2/c1-4-15(2,13(16)17-20)14(19)18(3)11-10-12-8-6-5-7-9-12/h5-9,20H,4,10-11H2,1-3H3,(H2,16,17). The summed E-state index contributed by atoms with van der Waals surface area (Å²) in [5, 5.41) is 11.8. The van der Waals surface area contributed by atoms with E-state index in [9.17, 15) is 4.79 Å². The van der Waals surface area contributed by atoms with Gasteiger partial charge in [0.1, 0.15) is 5.41 Å². The van der Waals surface area contributed by atoms with Gasteiger partial charge in [-0.1, -0.05) is 42.4 Å². The molecule has 1 amide bonds. The number of rotatable bonds is 6. The van der Waals surface area contributed by atoms with Crippen molar-refractivity contribution in [2.45, 2.75) is 26.7 Å². The lowest BCUT2D eigenvalue weighted by Gasteiger charge is -2.30. The molecule has 1 rings (SSSR count). The molecule has 0 spiro atoms. The second kappa shape index (κ2) is 6.93. The summed E-state index contributed by atoms with van der Waals surface area (Å²) < 4.78 is 0. The number of nitrogens with zero attached hydrogens (tertiary/aromatic N) is 2. The van der Waals surface area contributed by atoms with E-state index >= 15 is 0 Å². The number of benzene rings is 1. The third kappa shape index (κ3) is 3.50. The second-order valence-electron chi connectivity index (χ2n) is 5.13. The van der Waals surface area contributed by atoms with Crippen LogP contribution >= 0.6 is 0 Å². The van der Waals surface area contributed by atoms with Gasteiger partial charge in [0.2, 0.25) is 5.91 Å². The van der Waals surface area contributed by atoms with Crippen molar-refractivity contribution in [3.8, 4) is 0 Å². The molecule has 1 aromatic rings. The van der Waals surface area contributed by atoms with Crippen molar-refractivity contribution in [3.05, 3.63) is 35.9 Å². The molecule has 0 aromatic heterocycles. The van der Waals surface area contributed by atoms with E-state index < -0.39 is 5.41 Å². The first kappa shape index (κ1) is 16.0. The summed E-state index contributed by atoms with van der Waals surface area (Å²) in [6.45, 7) is 4.14. The fourth-order valence-corrected chi connectivity index (χ4v) is 2.02. The summed E-state index contributed by atoms with van der Waals surface area (Å²) in [5.41, 5.74) is 5.88. The Balaban J connectivity index is 2.71. The zero-order chi connectivity index (χ0) is 15.2. The molecule has 0 fully saturated rings. The van der Waals surface area contributed by atoms with Gasteiger partial charge in [-0.2, -0.15) is 0 Å². The quantitative estimate of drug-likeness (QED) is 0.360. The highest BCUT2D eigenvalue weighted by molar-refractivity contribution is 6.06. The minimum atomic E-state index is -0.958. The van der Waals surface area contributed by atoms with E-state index in [1.807, 2.05) is 37.3 Å². The Morgan fingerprint density at radius 2 is 2.00 bits per heavy atom. The highest BCUT2D eigenvalue weighted by atomic mass is 16.4. The number of nitrogens with two attached hydrogens (primary N) is 1. The summed E-state index contributed by atoms with van der Waals surface area (Å²) in [7, 11) is 1.74. The summed E-state index contributed by atoms with van der Waals surface area (Å²) >= 11 is 0. The number of carbonyl (C=O) groups is 1. The van der Waals surface area contributed by atoms with Crippen LogP contribution < -0.4 is 5.73 Å². The van der Waals surface area contributed by atoms with E-state index in [-0.39, 0.29) is 11.7 Å². The molecule has 110 valence electrons. The third-order valence-corrected chi connectivity index (χ3v) is 3.78. The summed E-state index contributed by atoms with van der Waals surface area (Å²) in [5.74, 6) is -0.178. The zero-order valence-electron chi connectivity index (χ0n) is 12.3.